The summed E-state index contributed by atoms with van der Waals surface area (Å²) >= 11 is 0. The van der Waals surface area contributed by atoms with Crippen LogP contribution in [0.2, 0.25) is 0 Å². The fourth-order valence-corrected chi connectivity index (χ4v) is 1.99. The number of hydrogen-bond acceptors (Lipinski definition) is 5. The molecule has 0 radical (unpaired) electrons. The second-order valence-corrected chi connectivity index (χ2v) is 4.69. The van der Waals surface area contributed by atoms with E-state index in [1.54, 1.807) is 36.4 Å². The molecule has 2 aromatic rings. The first kappa shape index (κ1) is 16.7. The SMILES string of the molecule is O=C(OS(=O)(=O)Oc1ccccc1)c1ccccc1.[H-].[Na+]. The molecule has 0 aromatic heterocycles. The number of para-hydroxylation sites is 1. The third-order valence-electron chi connectivity index (χ3n) is 2.13. The third-order valence-corrected chi connectivity index (χ3v) is 2.88. The summed E-state index contributed by atoms with van der Waals surface area (Å²) in [6.07, 6.45) is 0. The van der Waals surface area contributed by atoms with E-state index in [-0.39, 0.29) is 42.3 Å². The van der Waals surface area contributed by atoms with Gasteiger partial charge < -0.3 is 9.79 Å². The summed E-state index contributed by atoms with van der Waals surface area (Å²) in [7, 11) is -4.43. The van der Waals surface area contributed by atoms with Gasteiger partial charge in [0.05, 0.1) is 5.56 Å². The molecule has 20 heavy (non-hydrogen) atoms. The Bertz CT molecular complexity index is 661. The van der Waals surface area contributed by atoms with E-state index in [2.05, 4.69) is 8.37 Å². The van der Waals surface area contributed by atoms with Crippen LogP contribution >= 0.6 is 0 Å². The summed E-state index contributed by atoms with van der Waals surface area (Å²) in [5, 5.41) is 0. The minimum absolute atomic E-state index is 0. The zero-order chi connectivity index (χ0) is 13.7. The summed E-state index contributed by atoms with van der Waals surface area (Å²) in [5.74, 6) is -0.917. The summed E-state index contributed by atoms with van der Waals surface area (Å²) in [5.41, 5.74) is 0.128. The minimum Gasteiger partial charge on any atom is -1.00 e. The largest absolute Gasteiger partial charge is 1.00 e. The van der Waals surface area contributed by atoms with E-state index in [1.807, 2.05) is 0 Å². The molecule has 0 bridgehead atoms. The van der Waals surface area contributed by atoms with Gasteiger partial charge in [-0.25, -0.2) is 4.79 Å². The molecule has 0 saturated carbocycles. The van der Waals surface area contributed by atoms with Crippen molar-refractivity contribution in [1.29, 1.82) is 0 Å². The van der Waals surface area contributed by atoms with Gasteiger partial charge in [0, 0.05) is 0 Å². The molecule has 0 spiro atoms. The van der Waals surface area contributed by atoms with Gasteiger partial charge in [-0.3, -0.25) is 0 Å². The second kappa shape index (κ2) is 7.44. The molecule has 5 nitrogen and oxygen atoms in total. The Hall–Kier alpha value is -1.34. The molecule has 0 fully saturated rings. The average Bonchev–Trinajstić information content (AvgIpc) is 2.39. The summed E-state index contributed by atoms with van der Waals surface area (Å²) < 4.78 is 32.0. The first-order valence-electron chi connectivity index (χ1n) is 5.35. The first-order chi connectivity index (χ1) is 9.07. The van der Waals surface area contributed by atoms with Crippen molar-refractivity contribution in [2.24, 2.45) is 0 Å². The van der Waals surface area contributed by atoms with Crippen molar-refractivity contribution >= 4 is 16.4 Å². The fourth-order valence-electron chi connectivity index (χ4n) is 1.33. The first-order valence-corrected chi connectivity index (χ1v) is 6.68. The molecule has 7 heteroatoms. The molecule has 0 heterocycles. The Morgan fingerprint density at radius 3 is 1.95 bits per heavy atom. The van der Waals surface area contributed by atoms with Gasteiger partial charge >= 0.3 is 45.9 Å². The fraction of sp³-hybridized carbons (Fsp3) is 0. The Kier molecular flexibility index (Phi) is 6.22. The Balaban J connectivity index is 0.00000200. The number of benzene rings is 2. The van der Waals surface area contributed by atoms with Crippen LogP contribution in [0, 0.1) is 0 Å². The van der Waals surface area contributed by atoms with Gasteiger partial charge in [-0.1, -0.05) is 36.4 Å². The molecule has 0 atom stereocenters. The Labute approximate surface area is 140 Å². The summed E-state index contributed by atoms with van der Waals surface area (Å²) in [6.45, 7) is 0. The average molecular weight is 302 g/mol. The van der Waals surface area contributed by atoms with Gasteiger partial charge in [-0.05, 0) is 24.3 Å². The number of carbonyl (C=O) groups excluding carboxylic acids is 1. The van der Waals surface area contributed by atoms with Crippen molar-refractivity contribution in [1.82, 2.24) is 0 Å². The van der Waals surface area contributed by atoms with Crippen LogP contribution in [-0.2, 0) is 14.6 Å². The maximum Gasteiger partial charge on any atom is 1.00 e. The van der Waals surface area contributed by atoms with E-state index < -0.39 is 16.4 Å². The zero-order valence-electron chi connectivity index (χ0n) is 11.7. The van der Waals surface area contributed by atoms with E-state index in [4.69, 9.17) is 0 Å². The van der Waals surface area contributed by atoms with Crippen molar-refractivity contribution in [3.05, 3.63) is 66.2 Å². The molecule has 0 amide bonds. The van der Waals surface area contributed by atoms with Crippen LogP contribution in [0.4, 0.5) is 0 Å². The minimum atomic E-state index is -4.43. The van der Waals surface area contributed by atoms with Crippen molar-refractivity contribution < 1.29 is 52.6 Å². The maximum absolute atomic E-state index is 11.6. The smallest absolute Gasteiger partial charge is 1.00 e. The molecule has 2 rings (SSSR count). The maximum atomic E-state index is 11.6. The Morgan fingerprint density at radius 2 is 1.40 bits per heavy atom. The van der Waals surface area contributed by atoms with E-state index in [0.717, 1.165) is 0 Å². The van der Waals surface area contributed by atoms with Crippen LogP contribution in [0.1, 0.15) is 11.8 Å². The number of hydrogen-bond donors (Lipinski definition) is 0. The number of carbonyl (C=O) groups is 1. The van der Waals surface area contributed by atoms with Crippen LogP contribution in [-0.4, -0.2) is 14.4 Å². The molecular weight excluding hydrogens is 291 g/mol. The molecule has 0 unspecified atom stereocenters. The topological polar surface area (TPSA) is 69.7 Å². The van der Waals surface area contributed by atoms with Gasteiger partial charge in [-0.2, -0.15) is 0 Å². The van der Waals surface area contributed by atoms with Crippen LogP contribution < -0.4 is 33.7 Å². The predicted octanol–water partition coefficient (Wildman–Crippen LogP) is -0.716. The summed E-state index contributed by atoms with van der Waals surface area (Å²) in [4.78, 5) is 11.6. The van der Waals surface area contributed by atoms with Crippen molar-refractivity contribution in [2.75, 3.05) is 0 Å². The van der Waals surface area contributed by atoms with Gasteiger partial charge in [0.15, 0.2) is 0 Å². The van der Waals surface area contributed by atoms with Crippen molar-refractivity contribution in [3.63, 3.8) is 0 Å². The molecule has 100 valence electrons. The van der Waals surface area contributed by atoms with Gasteiger partial charge in [0.25, 0.3) is 0 Å². The van der Waals surface area contributed by atoms with E-state index in [1.165, 1.54) is 24.3 Å². The predicted molar refractivity (Wildman–Crippen MR) is 69.0 cm³/mol. The molecular formula is C13H11NaO5S. The van der Waals surface area contributed by atoms with E-state index in [0.29, 0.717) is 0 Å². The Morgan fingerprint density at radius 1 is 0.900 bits per heavy atom. The van der Waals surface area contributed by atoms with Crippen LogP contribution in [0.5, 0.6) is 5.75 Å². The molecule has 0 aliphatic rings. The molecule has 0 saturated heterocycles. The van der Waals surface area contributed by atoms with Crippen molar-refractivity contribution in [2.45, 2.75) is 0 Å². The monoisotopic (exact) mass is 302 g/mol. The molecule has 0 aliphatic heterocycles. The second-order valence-electron chi connectivity index (χ2n) is 3.54. The molecule has 0 N–H and O–H groups in total. The molecule has 0 aliphatic carbocycles. The van der Waals surface area contributed by atoms with Gasteiger partial charge in [0.2, 0.25) is 0 Å². The van der Waals surface area contributed by atoms with Gasteiger partial charge in [-0.15, -0.1) is 8.42 Å². The number of rotatable bonds is 4. The van der Waals surface area contributed by atoms with E-state index in [9.17, 15) is 13.2 Å². The zero-order valence-corrected chi connectivity index (χ0v) is 13.5. The van der Waals surface area contributed by atoms with Crippen molar-refractivity contribution in [3.8, 4) is 5.75 Å². The molecule has 2 aromatic carbocycles. The van der Waals surface area contributed by atoms with Crippen LogP contribution in [0.25, 0.3) is 0 Å². The standard InChI is InChI=1S/C13H10O5S.Na.H/c14-13(11-7-3-1-4-8-11)18-19(15,16)17-12-9-5-2-6-10-12;;/h1-10H;;/q;+1;-1. The third kappa shape index (κ3) is 4.97. The van der Waals surface area contributed by atoms with E-state index >= 15 is 0 Å². The van der Waals surface area contributed by atoms with Gasteiger partial charge in [0.1, 0.15) is 5.75 Å². The normalized spacial score (nSPS) is 10.2. The quantitative estimate of drug-likeness (QED) is 0.698. The van der Waals surface area contributed by atoms with Crippen LogP contribution in [0.15, 0.2) is 60.7 Å². The van der Waals surface area contributed by atoms with Crippen LogP contribution in [0.3, 0.4) is 0 Å². The summed E-state index contributed by atoms with van der Waals surface area (Å²) in [6, 6.07) is 15.6.